The summed E-state index contributed by atoms with van der Waals surface area (Å²) >= 11 is 0. The normalized spacial score (nSPS) is 15.4. The SMILES string of the molecule is CCNc1ncc(CN2CC(Cc3ccccc3F)(C(=O)NCC(N)=O)C2)cn1. The van der Waals surface area contributed by atoms with Gasteiger partial charge in [-0.15, -0.1) is 0 Å². The molecule has 1 aliphatic rings. The fourth-order valence-electron chi connectivity index (χ4n) is 3.56. The monoisotopic (exact) mass is 400 g/mol. The Morgan fingerprint density at radius 2 is 1.93 bits per heavy atom. The number of benzene rings is 1. The number of nitrogens with zero attached hydrogens (tertiary/aromatic N) is 3. The highest BCUT2D eigenvalue weighted by Crippen LogP contribution is 2.36. The van der Waals surface area contributed by atoms with Crippen LogP contribution in [-0.2, 0) is 22.6 Å². The molecule has 1 fully saturated rings. The summed E-state index contributed by atoms with van der Waals surface area (Å²) in [7, 11) is 0. The van der Waals surface area contributed by atoms with E-state index in [1.165, 1.54) is 6.07 Å². The van der Waals surface area contributed by atoms with Gasteiger partial charge in [0.1, 0.15) is 5.82 Å². The van der Waals surface area contributed by atoms with E-state index in [1.807, 2.05) is 6.92 Å². The molecule has 1 aromatic carbocycles. The largest absolute Gasteiger partial charge is 0.368 e. The van der Waals surface area contributed by atoms with Crippen molar-refractivity contribution in [1.82, 2.24) is 20.2 Å². The predicted octanol–water partition coefficient (Wildman–Crippen LogP) is 0.694. The zero-order chi connectivity index (χ0) is 20.9. The number of likely N-dealkylation sites (tertiary alicyclic amines) is 1. The number of nitrogens with one attached hydrogen (secondary N) is 2. The topological polar surface area (TPSA) is 113 Å². The van der Waals surface area contributed by atoms with Gasteiger partial charge in [-0.2, -0.15) is 0 Å². The van der Waals surface area contributed by atoms with Crippen LogP contribution in [-0.4, -0.2) is 52.9 Å². The Balaban J connectivity index is 1.68. The third-order valence-corrected chi connectivity index (χ3v) is 4.89. The summed E-state index contributed by atoms with van der Waals surface area (Å²) in [6.45, 7) is 3.91. The quantitative estimate of drug-likeness (QED) is 0.571. The minimum Gasteiger partial charge on any atom is -0.368 e. The summed E-state index contributed by atoms with van der Waals surface area (Å²) in [5.74, 6) is -0.692. The van der Waals surface area contributed by atoms with Crippen molar-refractivity contribution in [3.8, 4) is 0 Å². The zero-order valence-electron chi connectivity index (χ0n) is 16.3. The van der Waals surface area contributed by atoms with Gasteiger partial charge in [-0.05, 0) is 25.0 Å². The molecule has 1 aromatic heterocycles. The molecular weight excluding hydrogens is 375 g/mol. The molecule has 0 spiro atoms. The molecule has 8 nitrogen and oxygen atoms in total. The van der Waals surface area contributed by atoms with Gasteiger partial charge < -0.3 is 16.4 Å². The lowest BCUT2D eigenvalue weighted by Gasteiger charge is -2.49. The lowest BCUT2D eigenvalue weighted by molar-refractivity contribution is -0.143. The molecule has 0 radical (unpaired) electrons. The van der Waals surface area contributed by atoms with E-state index in [9.17, 15) is 14.0 Å². The standard InChI is InChI=1S/C20H25FN6O2/c1-2-23-19-25-8-14(9-26-19)11-27-12-20(13-27,18(29)24-10-17(22)28)7-15-5-3-4-6-16(15)21/h3-6,8-9H,2,7,10-13H2,1H3,(H2,22,28)(H,24,29)(H,23,25,26). The summed E-state index contributed by atoms with van der Waals surface area (Å²) in [6.07, 6.45) is 3.74. The van der Waals surface area contributed by atoms with E-state index in [1.54, 1.807) is 30.6 Å². The highest BCUT2D eigenvalue weighted by atomic mass is 19.1. The van der Waals surface area contributed by atoms with Gasteiger partial charge in [0.25, 0.3) is 0 Å². The van der Waals surface area contributed by atoms with E-state index in [0.717, 1.165) is 12.1 Å². The molecule has 0 unspecified atom stereocenters. The number of carbonyl (C=O) groups is 2. The van der Waals surface area contributed by atoms with Crippen molar-refractivity contribution in [3.05, 3.63) is 53.6 Å². The summed E-state index contributed by atoms with van der Waals surface area (Å²) in [6, 6.07) is 6.41. The van der Waals surface area contributed by atoms with Crippen LogP contribution in [0.1, 0.15) is 18.1 Å². The number of hydrogen-bond donors (Lipinski definition) is 3. The van der Waals surface area contributed by atoms with Gasteiger partial charge in [-0.25, -0.2) is 14.4 Å². The highest BCUT2D eigenvalue weighted by molar-refractivity contribution is 5.88. The lowest BCUT2D eigenvalue weighted by Crippen LogP contribution is -2.64. The van der Waals surface area contributed by atoms with E-state index < -0.39 is 11.3 Å². The van der Waals surface area contributed by atoms with Gasteiger partial charge in [0, 0.05) is 44.1 Å². The van der Waals surface area contributed by atoms with Crippen LogP contribution in [0.2, 0.25) is 0 Å². The van der Waals surface area contributed by atoms with Gasteiger partial charge in [0.2, 0.25) is 17.8 Å². The summed E-state index contributed by atoms with van der Waals surface area (Å²) in [4.78, 5) is 34.4. The molecular formula is C20H25FN6O2. The fraction of sp³-hybridized carbons (Fsp3) is 0.400. The van der Waals surface area contributed by atoms with E-state index in [-0.39, 0.29) is 24.7 Å². The summed E-state index contributed by atoms with van der Waals surface area (Å²) in [5.41, 5.74) is 5.72. The Kier molecular flexibility index (Phi) is 6.38. The molecule has 154 valence electrons. The maximum absolute atomic E-state index is 14.2. The maximum atomic E-state index is 14.2. The van der Waals surface area contributed by atoms with Crippen molar-refractivity contribution in [2.75, 3.05) is 31.5 Å². The number of carbonyl (C=O) groups excluding carboxylic acids is 2. The molecule has 1 aliphatic heterocycles. The van der Waals surface area contributed by atoms with Crippen LogP contribution in [0.5, 0.6) is 0 Å². The van der Waals surface area contributed by atoms with Crippen LogP contribution >= 0.6 is 0 Å². The minimum absolute atomic E-state index is 0.239. The summed E-state index contributed by atoms with van der Waals surface area (Å²) < 4.78 is 14.2. The van der Waals surface area contributed by atoms with Crippen LogP contribution in [0.15, 0.2) is 36.7 Å². The molecule has 29 heavy (non-hydrogen) atoms. The van der Waals surface area contributed by atoms with Crippen LogP contribution < -0.4 is 16.4 Å². The van der Waals surface area contributed by atoms with Gasteiger partial charge in [0.15, 0.2) is 0 Å². The Bertz CT molecular complexity index is 868. The number of aromatic nitrogens is 2. The fourth-order valence-corrected chi connectivity index (χ4v) is 3.56. The number of hydrogen-bond acceptors (Lipinski definition) is 6. The molecule has 2 amide bonds. The Hall–Kier alpha value is -3.07. The second kappa shape index (κ2) is 8.95. The first kappa shape index (κ1) is 20.7. The molecule has 4 N–H and O–H groups in total. The molecule has 1 saturated heterocycles. The molecule has 2 aromatic rings. The number of nitrogens with two attached hydrogens (primary N) is 1. The number of primary amides is 1. The molecule has 0 saturated carbocycles. The van der Waals surface area contributed by atoms with Crippen LogP contribution in [0, 0.1) is 11.2 Å². The van der Waals surface area contributed by atoms with Gasteiger partial charge in [-0.3, -0.25) is 14.5 Å². The minimum atomic E-state index is -0.817. The Morgan fingerprint density at radius 3 is 2.55 bits per heavy atom. The molecule has 0 bridgehead atoms. The second-order valence-electron chi connectivity index (χ2n) is 7.29. The van der Waals surface area contributed by atoms with Crippen molar-refractivity contribution >= 4 is 17.8 Å². The van der Waals surface area contributed by atoms with Crippen LogP contribution in [0.4, 0.5) is 10.3 Å². The molecule has 9 heteroatoms. The van der Waals surface area contributed by atoms with Gasteiger partial charge in [-0.1, -0.05) is 18.2 Å². The predicted molar refractivity (Wildman–Crippen MR) is 106 cm³/mol. The van der Waals surface area contributed by atoms with Crippen LogP contribution in [0.3, 0.4) is 0 Å². The van der Waals surface area contributed by atoms with E-state index in [0.29, 0.717) is 31.1 Å². The highest BCUT2D eigenvalue weighted by Gasteiger charge is 2.49. The number of rotatable bonds is 9. The van der Waals surface area contributed by atoms with Crippen molar-refractivity contribution in [2.45, 2.75) is 19.9 Å². The molecule has 0 atom stereocenters. The third kappa shape index (κ3) is 5.05. The first-order valence-corrected chi connectivity index (χ1v) is 9.49. The van der Waals surface area contributed by atoms with Crippen LogP contribution in [0.25, 0.3) is 0 Å². The van der Waals surface area contributed by atoms with Gasteiger partial charge >= 0.3 is 0 Å². The Morgan fingerprint density at radius 1 is 1.24 bits per heavy atom. The van der Waals surface area contributed by atoms with Crippen molar-refractivity contribution in [3.63, 3.8) is 0 Å². The van der Waals surface area contributed by atoms with Crippen molar-refractivity contribution < 1.29 is 14.0 Å². The molecule has 2 heterocycles. The lowest BCUT2D eigenvalue weighted by atomic mass is 9.73. The second-order valence-corrected chi connectivity index (χ2v) is 7.29. The van der Waals surface area contributed by atoms with E-state index >= 15 is 0 Å². The molecule has 0 aliphatic carbocycles. The number of amides is 2. The van der Waals surface area contributed by atoms with E-state index in [2.05, 4.69) is 25.5 Å². The van der Waals surface area contributed by atoms with Gasteiger partial charge in [0.05, 0.1) is 12.0 Å². The first-order valence-electron chi connectivity index (χ1n) is 9.49. The maximum Gasteiger partial charge on any atom is 0.236 e. The average Bonchev–Trinajstić information content (AvgIpc) is 2.67. The van der Waals surface area contributed by atoms with E-state index in [4.69, 9.17) is 5.73 Å². The van der Waals surface area contributed by atoms with Crippen molar-refractivity contribution in [2.24, 2.45) is 11.1 Å². The Labute approximate surface area is 168 Å². The first-order chi connectivity index (χ1) is 13.9. The molecule has 3 rings (SSSR count). The van der Waals surface area contributed by atoms with Crippen molar-refractivity contribution in [1.29, 1.82) is 0 Å². The average molecular weight is 400 g/mol. The zero-order valence-corrected chi connectivity index (χ0v) is 16.3. The third-order valence-electron chi connectivity index (χ3n) is 4.89. The number of halogens is 1. The smallest absolute Gasteiger partial charge is 0.236 e. The summed E-state index contributed by atoms with van der Waals surface area (Å²) in [5, 5.41) is 5.61. The number of anilines is 1.